The summed E-state index contributed by atoms with van der Waals surface area (Å²) in [7, 11) is 0. The number of rotatable bonds is 7. The second-order valence-corrected chi connectivity index (χ2v) is 7.28. The van der Waals surface area contributed by atoms with Crippen LogP contribution in [0.4, 0.5) is 5.69 Å². The minimum atomic E-state index is -0.0539. The van der Waals surface area contributed by atoms with Gasteiger partial charge in [-0.05, 0) is 43.7 Å². The Bertz CT molecular complexity index is 707. The molecule has 6 heteroatoms. The maximum Gasteiger partial charge on any atom is 0.234 e. The summed E-state index contributed by atoms with van der Waals surface area (Å²) in [5.74, 6) is 1.74. The number of anilines is 1. The smallest absolute Gasteiger partial charge is 0.234 e. The van der Waals surface area contributed by atoms with E-state index < -0.39 is 0 Å². The van der Waals surface area contributed by atoms with Gasteiger partial charge in [0.1, 0.15) is 5.75 Å². The Hall–Kier alpha value is -1.36. The van der Waals surface area contributed by atoms with Crippen LogP contribution in [0.5, 0.6) is 5.75 Å². The standard InChI is InChI=1S/C18H19Cl2NO2S/c1-12(2)23-15-5-3-4-14(9-15)21-18(22)11-24-10-13-6-7-16(19)17(20)8-13/h3-9,12H,10-11H2,1-2H3,(H,21,22). The van der Waals surface area contributed by atoms with Gasteiger partial charge in [-0.15, -0.1) is 11.8 Å². The molecule has 0 spiro atoms. The Morgan fingerprint density at radius 2 is 1.96 bits per heavy atom. The van der Waals surface area contributed by atoms with Crippen molar-refractivity contribution >= 4 is 46.6 Å². The SMILES string of the molecule is CC(C)Oc1cccc(NC(=O)CSCc2ccc(Cl)c(Cl)c2)c1. The van der Waals surface area contributed by atoms with Crippen LogP contribution in [-0.2, 0) is 10.5 Å². The van der Waals surface area contributed by atoms with Gasteiger partial charge in [-0.2, -0.15) is 0 Å². The van der Waals surface area contributed by atoms with Gasteiger partial charge in [-0.25, -0.2) is 0 Å². The Morgan fingerprint density at radius 3 is 2.67 bits per heavy atom. The molecule has 2 aromatic rings. The number of benzene rings is 2. The zero-order valence-corrected chi connectivity index (χ0v) is 15.8. The van der Waals surface area contributed by atoms with Crippen molar-refractivity contribution in [3.8, 4) is 5.75 Å². The molecule has 1 N–H and O–H groups in total. The van der Waals surface area contributed by atoms with E-state index in [4.69, 9.17) is 27.9 Å². The molecule has 24 heavy (non-hydrogen) atoms. The number of ether oxygens (including phenoxy) is 1. The molecule has 0 aliphatic rings. The highest BCUT2D eigenvalue weighted by molar-refractivity contribution is 7.99. The van der Waals surface area contributed by atoms with Crippen LogP contribution in [0, 0.1) is 0 Å². The Labute approximate surface area is 156 Å². The fourth-order valence-electron chi connectivity index (χ4n) is 2.01. The van der Waals surface area contributed by atoms with E-state index in [1.54, 1.807) is 6.07 Å². The van der Waals surface area contributed by atoms with E-state index in [2.05, 4.69) is 5.32 Å². The van der Waals surface area contributed by atoms with Crippen LogP contribution in [0.15, 0.2) is 42.5 Å². The van der Waals surface area contributed by atoms with Crippen molar-refractivity contribution < 1.29 is 9.53 Å². The second kappa shape index (κ2) is 9.21. The molecule has 3 nitrogen and oxygen atoms in total. The lowest BCUT2D eigenvalue weighted by molar-refractivity contribution is -0.113. The molecular weight excluding hydrogens is 365 g/mol. The molecule has 2 rings (SSSR count). The molecule has 0 fully saturated rings. The number of halogens is 2. The van der Waals surface area contributed by atoms with Gasteiger partial charge in [0.05, 0.1) is 21.9 Å². The molecule has 0 saturated heterocycles. The number of hydrogen-bond donors (Lipinski definition) is 1. The van der Waals surface area contributed by atoms with Crippen molar-refractivity contribution in [1.29, 1.82) is 0 Å². The van der Waals surface area contributed by atoms with E-state index in [0.29, 0.717) is 21.6 Å². The molecule has 0 unspecified atom stereocenters. The quantitative estimate of drug-likeness (QED) is 0.670. The predicted octanol–water partition coefficient (Wildman–Crippen LogP) is 5.65. The first-order chi connectivity index (χ1) is 11.4. The summed E-state index contributed by atoms with van der Waals surface area (Å²) in [5.41, 5.74) is 1.77. The number of carbonyl (C=O) groups is 1. The molecule has 0 heterocycles. The van der Waals surface area contributed by atoms with E-state index >= 15 is 0 Å². The number of nitrogens with one attached hydrogen (secondary N) is 1. The number of carbonyl (C=O) groups excluding carboxylic acids is 1. The van der Waals surface area contributed by atoms with Crippen LogP contribution in [0.2, 0.25) is 10.0 Å². The van der Waals surface area contributed by atoms with E-state index in [1.807, 2.05) is 50.2 Å². The van der Waals surface area contributed by atoms with Gasteiger partial charge in [-0.3, -0.25) is 4.79 Å². The maximum atomic E-state index is 12.0. The third-order valence-corrected chi connectivity index (χ3v) is 4.72. The van der Waals surface area contributed by atoms with Crippen molar-refractivity contribution in [2.75, 3.05) is 11.1 Å². The first-order valence-electron chi connectivity index (χ1n) is 7.52. The highest BCUT2D eigenvalue weighted by atomic mass is 35.5. The summed E-state index contributed by atoms with van der Waals surface area (Å²) in [6.07, 6.45) is 0.0951. The van der Waals surface area contributed by atoms with Crippen LogP contribution in [0.25, 0.3) is 0 Å². The molecular formula is C18H19Cl2NO2S. The van der Waals surface area contributed by atoms with E-state index in [1.165, 1.54) is 11.8 Å². The van der Waals surface area contributed by atoms with Crippen molar-refractivity contribution in [3.63, 3.8) is 0 Å². The van der Waals surface area contributed by atoms with Crippen molar-refractivity contribution in [3.05, 3.63) is 58.1 Å². The Morgan fingerprint density at radius 1 is 1.17 bits per heavy atom. The Kier molecular flexibility index (Phi) is 7.28. The van der Waals surface area contributed by atoms with Crippen molar-refractivity contribution in [1.82, 2.24) is 0 Å². The topological polar surface area (TPSA) is 38.3 Å². The third kappa shape index (κ3) is 6.27. The van der Waals surface area contributed by atoms with Crippen LogP contribution in [0.3, 0.4) is 0 Å². The van der Waals surface area contributed by atoms with Gasteiger partial charge in [0.25, 0.3) is 0 Å². The molecule has 0 atom stereocenters. The average molecular weight is 384 g/mol. The van der Waals surface area contributed by atoms with Crippen molar-refractivity contribution in [2.45, 2.75) is 25.7 Å². The van der Waals surface area contributed by atoms with E-state index in [-0.39, 0.29) is 12.0 Å². The third-order valence-electron chi connectivity index (χ3n) is 2.98. The van der Waals surface area contributed by atoms with Gasteiger partial charge in [0, 0.05) is 17.5 Å². The van der Waals surface area contributed by atoms with Crippen LogP contribution < -0.4 is 10.1 Å². The lowest BCUT2D eigenvalue weighted by atomic mass is 10.2. The second-order valence-electron chi connectivity index (χ2n) is 5.48. The lowest BCUT2D eigenvalue weighted by Crippen LogP contribution is -2.14. The molecule has 2 aromatic carbocycles. The van der Waals surface area contributed by atoms with Crippen molar-refractivity contribution in [2.24, 2.45) is 0 Å². The molecule has 0 aliphatic carbocycles. The molecule has 0 bridgehead atoms. The summed E-state index contributed by atoms with van der Waals surface area (Å²) in [4.78, 5) is 12.0. The molecule has 0 aromatic heterocycles. The molecule has 128 valence electrons. The fraction of sp³-hybridized carbons (Fsp3) is 0.278. The maximum absolute atomic E-state index is 12.0. The van der Waals surface area contributed by atoms with Crippen LogP contribution in [0.1, 0.15) is 19.4 Å². The number of amides is 1. The van der Waals surface area contributed by atoms with E-state index in [9.17, 15) is 4.79 Å². The summed E-state index contributed by atoms with van der Waals surface area (Å²) in [6, 6.07) is 12.9. The molecule has 0 radical (unpaired) electrons. The minimum absolute atomic E-state index is 0.0539. The lowest BCUT2D eigenvalue weighted by Gasteiger charge is -2.11. The van der Waals surface area contributed by atoms with Gasteiger partial charge >= 0.3 is 0 Å². The van der Waals surface area contributed by atoms with Crippen LogP contribution >= 0.6 is 35.0 Å². The minimum Gasteiger partial charge on any atom is -0.491 e. The predicted molar refractivity (Wildman–Crippen MR) is 103 cm³/mol. The average Bonchev–Trinajstić information content (AvgIpc) is 2.50. The summed E-state index contributed by atoms with van der Waals surface area (Å²) in [6.45, 7) is 3.93. The van der Waals surface area contributed by atoms with Gasteiger partial charge in [-0.1, -0.05) is 35.3 Å². The van der Waals surface area contributed by atoms with Gasteiger partial charge in [0.2, 0.25) is 5.91 Å². The monoisotopic (exact) mass is 383 g/mol. The molecule has 1 amide bonds. The summed E-state index contributed by atoms with van der Waals surface area (Å²) in [5, 5.41) is 3.94. The van der Waals surface area contributed by atoms with E-state index in [0.717, 1.165) is 17.0 Å². The van der Waals surface area contributed by atoms with Crippen LogP contribution in [-0.4, -0.2) is 17.8 Å². The first-order valence-corrected chi connectivity index (χ1v) is 9.43. The largest absolute Gasteiger partial charge is 0.491 e. The molecule has 0 aliphatic heterocycles. The Balaban J connectivity index is 1.81. The zero-order valence-electron chi connectivity index (χ0n) is 13.5. The molecule has 0 saturated carbocycles. The highest BCUT2D eigenvalue weighted by Crippen LogP contribution is 2.25. The summed E-state index contributed by atoms with van der Waals surface area (Å²) >= 11 is 13.4. The number of thioether (sulfide) groups is 1. The first kappa shape index (κ1) is 19.0. The summed E-state index contributed by atoms with van der Waals surface area (Å²) < 4.78 is 5.62. The van der Waals surface area contributed by atoms with Gasteiger partial charge < -0.3 is 10.1 Å². The normalized spacial score (nSPS) is 10.7. The number of hydrogen-bond acceptors (Lipinski definition) is 3. The zero-order chi connectivity index (χ0) is 17.5. The fourth-order valence-corrected chi connectivity index (χ4v) is 3.10. The highest BCUT2D eigenvalue weighted by Gasteiger charge is 2.06. The van der Waals surface area contributed by atoms with Gasteiger partial charge in [0.15, 0.2) is 0 Å².